The number of carbonyl (C=O) groups excluding carboxylic acids is 1. The molecule has 1 heterocycles. The number of benzene rings is 1. The lowest BCUT2D eigenvalue weighted by atomic mass is 10.0. The minimum absolute atomic E-state index is 0.0805. The van der Waals surface area contributed by atoms with Crippen molar-refractivity contribution in [3.8, 4) is 11.5 Å². The van der Waals surface area contributed by atoms with Gasteiger partial charge in [0.15, 0.2) is 11.5 Å². The number of amides is 1. The summed E-state index contributed by atoms with van der Waals surface area (Å²) >= 11 is 1.61. The second kappa shape index (κ2) is 6.63. The monoisotopic (exact) mass is 305 g/mol. The maximum atomic E-state index is 12.4. The van der Waals surface area contributed by atoms with Crippen LogP contribution in [0.4, 0.5) is 0 Å². The number of nitrogens with one attached hydrogen (secondary N) is 1. The highest BCUT2D eigenvalue weighted by Gasteiger charge is 2.22. The summed E-state index contributed by atoms with van der Waals surface area (Å²) in [7, 11) is 1.46. The smallest absolute Gasteiger partial charge is 0.255 e. The van der Waals surface area contributed by atoms with Gasteiger partial charge in [-0.15, -0.1) is 11.3 Å². The van der Waals surface area contributed by atoms with E-state index in [2.05, 4.69) is 19.2 Å². The summed E-state index contributed by atoms with van der Waals surface area (Å²) in [6.07, 6.45) is 0. The molecule has 5 heteroatoms. The van der Waals surface area contributed by atoms with E-state index in [-0.39, 0.29) is 29.2 Å². The van der Waals surface area contributed by atoms with Crippen molar-refractivity contribution in [3.63, 3.8) is 0 Å². The number of rotatable bonds is 5. The fourth-order valence-electron chi connectivity index (χ4n) is 2.12. The number of para-hydroxylation sites is 1. The van der Waals surface area contributed by atoms with Gasteiger partial charge < -0.3 is 15.2 Å². The van der Waals surface area contributed by atoms with E-state index in [4.69, 9.17) is 4.74 Å². The van der Waals surface area contributed by atoms with Gasteiger partial charge in [-0.25, -0.2) is 0 Å². The standard InChI is InChI=1S/C16H19NO3S/c1-10(2)14(13-8-5-9-21-13)17-16(19)11-6-4-7-12(20-3)15(11)18/h4-10,14,18H,1-3H3,(H,17,19). The van der Waals surface area contributed by atoms with Crippen LogP contribution in [-0.4, -0.2) is 18.1 Å². The second-order valence-electron chi connectivity index (χ2n) is 5.07. The van der Waals surface area contributed by atoms with Crippen LogP contribution in [0.15, 0.2) is 35.7 Å². The number of carbonyl (C=O) groups is 1. The molecule has 1 aromatic heterocycles. The summed E-state index contributed by atoms with van der Waals surface area (Å²) in [4.78, 5) is 13.5. The highest BCUT2D eigenvalue weighted by Crippen LogP contribution is 2.31. The minimum atomic E-state index is -0.307. The molecule has 2 N–H and O–H groups in total. The van der Waals surface area contributed by atoms with Crippen LogP contribution in [0.2, 0.25) is 0 Å². The van der Waals surface area contributed by atoms with Gasteiger partial charge in [-0.05, 0) is 29.5 Å². The Labute approximate surface area is 128 Å². The number of ether oxygens (including phenoxy) is 1. The lowest BCUT2D eigenvalue weighted by molar-refractivity contribution is 0.0923. The van der Waals surface area contributed by atoms with Crippen LogP contribution in [0, 0.1) is 5.92 Å². The van der Waals surface area contributed by atoms with Crippen LogP contribution in [-0.2, 0) is 0 Å². The minimum Gasteiger partial charge on any atom is -0.504 e. The van der Waals surface area contributed by atoms with Crippen LogP contribution in [0.5, 0.6) is 11.5 Å². The zero-order valence-corrected chi connectivity index (χ0v) is 13.1. The molecule has 1 aromatic carbocycles. The third kappa shape index (κ3) is 3.36. The number of aromatic hydroxyl groups is 1. The van der Waals surface area contributed by atoms with E-state index in [1.807, 2.05) is 17.5 Å². The molecule has 1 amide bonds. The van der Waals surface area contributed by atoms with Crippen molar-refractivity contribution >= 4 is 17.2 Å². The van der Waals surface area contributed by atoms with Gasteiger partial charge in [0.05, 0.1) is 18.7 Å². The Balaban J connectivity index is 2.24. The summed E-state index contributed by atoms with van der Waals surface area (Å²) in [5.74, 6) is 0.102. The van der Waals surface area contributed by atoms with E-state index in [0.29, 0.717) is 5.75 Å². The average Bonchev–Trinajstić information content (AvgIpc) is 2.98. The van der Waals surface area contributed by atoms with Crippen LogP contribution < -0.4 is 10.1 Å². The van der Waals surface area contributed by atoms with Gasteiger partial charge >= 0.3 is 0 Å². The number of hydrogen-bond donors (Lipinski definition) is 2. The van der Waals surface area contributed by atoms with Crippen molar-refractivity contribution in [3.05, 3.63) is 46.2 Å². The van der Waals surface area contributed by atoms with Crippen molar-refractivity contribution in [2.24, 2.45) is 5.92 Å². The molecule has 1 atom stereocenters. The topological polar surface area (TPSA) is 58.6 Å². The van der Waals surface area contributed by atoms with Crippen molar-refractivity contribution in [2.75, 3.05) is 7.11 Å². The molecule has 0 aliphatic rings. The highest BCUT2D eigenvalue weighted by atomic mass is 32.1. The lowest BCUT2D eigenvalue weighted by Crippen LogP contribution is -2.31. The SMILES string of the molecule is COc1cccc(C(=O)NC(c2cccs2)C(C)C)c1O. The molecule has 0 saturated carbocycles. The zero-order valence-electron chi connectivity index (χ0n) is 12.3. The van der Waals surface area contributed by atoms with Gasteiger partial charge in [0.1, 0.15) is 0 Å². The lowest BCUT2D eigenvalue weighted by Gasteiger charge is -2.21. The number of phenols is 1. The van der Waals surface area contributed by atoms with Gasteiger partial charge in [-0.2, -0.15) is 0 Å². The number of hydrogen-bond acceptors (Lipinski definition) is 4. The Morgan fingerprint density at radius 3 is 2.62 bits per heavy atom. The first-order chi connectivity index (χ1) is 10.0. The summed E-state index contributed by atoms with van der Waals surface area (Å²) in [5, 5.41) is 15.0. The summed E-state index contributed by atoms with van der Waals surface area (Å²) in [6.45, 7) is 4.10. The van der Waals surface area contributed by atoms with Crippen LogP contribution >= 0.6 is 11.3 Å². The van der Waals surface area contributed by atoms with E-state index in [1.54, 1.807) is 29.5 Å². The van der Waals surface area contributed by atoms with Crippen LogP contribution in [0.1, 0.15) is 35.1 Å². The first kappa shape index (κ1) is 15.4. The molecule has 0 spiro atoms. The number of methoxy groups -OCH3 is 1. The summed E-state index contributed by atoms with van der Waals surface area (Å²) < 4.78 is 5.03. The van der Waals surface area contributed by atoms with Gasteiger partial charge in [-0.3, -0.25) is 4.79 Å². The van der Waals surface area contributed by atoms with Crippen molar-refractivity contribution in [2.45, 2.75) is 19.9 Å². The average molecular weight is 305 g/mol. The molecule has 0 fully saturated rings. The third-order valence-electron chi connectivity index (χ3n) is 3.27. The van der Waals surface area contributed by atoms with Gasteiger partial charge in [-0.1, -0.05) is 26.0 Å². The largest absolute Gasteiger partial charge is 0.504 e. The Morgan fingerprint density at radius 2 is 2.05 bits per heavy atom. The molecule has 0 aliphatic heterocycles. The predicted octanol–water partition coefficient (Wildman–Crippen LogP) is 3.59. The normalized spacial score (nSPS) is 12.2. The highest BCUT2D eigenvalue weighted by molar-refractivity contribution is 7.10. The van der Waals surface area contributed by atoms with E-state index in [1.165, 1.54) is 7.11 Å². The Bertz CT molecular complexity index is 608. The Kier molecular flexibility index (Phi) is 4.85. The van der Waals surface area contributed by atoms with Crippen molar-refractivity contribution in [1.82, 2.24) is 5.32 Å². The van der Waals surface area contributed by atoms with Gasteiger partial charge in [0, 0.05) is 4.88 Å². The van der Waals surface area contributed by atoms with Crippen LogP contribution in [0.25, 0.3) is 0 Å². The summed E-state index contributed by atoms with van der Waals surface area (Å²) in [5.41, 5.74) is 0.219. The molecule has 0 bridgehead atoms. The number of phenolic OH excluding ortho intramolecular Hbond substituents is 1. The fourth-order valence-corrected chi connectivity index (χ4v) is 3.07. The molecule has 4 nitrogen and oxygen atoms in total. The number of thiophene rings is 1. The van der Waals surface area contributed by atoms with E-state index < -0.39 is 0 Å². The molecular weight excluding hydrogens is 286 g/mol. The molecular formula is C16H19NO3S. The molecule has 112 valence electrons. The van der Waals surface area contributed by atoms with E-state index in [0.717, 1.165) is 4.88 Å². The van der Waals surface area contributed by atoms with Crippen LogP contribution in [0.3, 0.4) is 0 Å². The molecule has 21 heavy (non-hydrogen) atoms. The predicted molar refractivity (Wildman–Crippen MR) is 84.0 cm³/mol. The fraction of sp³-hybridized carbons (Fsp3) is 0.312. The maximum Gasteiger partial charge on any atom is 0.255 e. The van der Waals surface area contributed by atoms with E-state index >= 15 is 0 Å². The molecule has 2 aromatic rings. The third-order valence-corrected chi connectivity index (χ3v) is 4.22. The Hall–Kier alpha value is -2.01. The maximum absolute atomic E-state index is 12.4. The first-order valence-electron chi connectivity index (χ1n) is 6.74. The molecule has 2 rings (SSSR count). The van der Waals surface area contributed by atoms with Crippen molar-refractivity contribution < 1.29 is 14.6 Å². The van der Waals surface area contributed by atoms with Crippen molar-refractivity contribution in [1.29, 1.82) is 0 Å². The zero-order chi connectivity index (χ0) is 15.4. The molecule has 0 aliphatic carbocycles. The molecule has 0 saturated heterocycles. The summed E-state index contributed by atoms with van der Waals surface area (Å²) in [6, 6.07) is 8.77. The second-order valence-corrected chi connectivity index (χ2v) is 6.05. The quantitative estimate of drug-likeness (QED) is 0.887. The Morgan fingerprint density at radius 1 is 1.29 bits per heavy atom. The molecule has 0 radical (unpaired) electrons. The van der Waals surface area contributed by atoms with Gasteiger partial charge in [0.2, 0.25) is 0 Å². The molecule has 1 unspecified atom stereocenters. The van der Waals surface area contributed by atoms with Gasteiger partial charge in [0.25, 0.3) is 5.91 Å². The first-order valence-corrected chi connectivity index (χ1v) is 7.62. The van der Waals surface area contributed by atoms with E-state index in [9.17, 15) is 9.90 Å².